The fourth-order valence-electron chi connectivity index (χ4n) is 2.84. The maximum Gasteiger partial charge on any atom is 0.191 e. The lowest BCUT2D eigenvalue weighted by Crippen LogP contribution is -2.48. The van der Waals surface area contributed by atoms with Crippen molar-refractivity contribution < 1.29 is 0 Å². The fraction of sp³-hybridized carbons (Fsp3) is 0.765. The number of likely N-dealkylation sites (tertiary alicyclic amines) is 1. The largest absolute Gasteiger partial charge is 0.354 e. The summed E-state index contributed by atoms with van der Waals surface area (Å²) >= 11 is 1.73. The van der Waals surface area contributed by atoms with Gasteiger partial charge in [0.2, 0.25) is 0 Å². The molecule has 2 N–H and O–H groups in total. The van der Waals surface area contributed by atoms with Crippen LogP contribution >= 0.6 is 35.3 Å². The predicted molar refractivity (Wildman–Crippen MR) is 115 cm³/mol. The highest BCUT2D eigenvalue weighted by atomic mass is 127. The molecule has 138 valence electrons. The van der Waals surface area contributed by atoms with Crippen LogP contribution in [-0.2, 0) is 13.0 Å². The lowest BCUT2D eigenvalue weighted by Gasteiger charge is -2.33. The Bertz CT molecular complexity index is 483. The summed E-state index contributed by atoms with van der Waals surface area (Å²) in [7, 11) is 1.84. The van der Waals surface area contributed by atoms with Crippen LogP contribution in [0.4, 0.5) is 0 Å². The summed E-state index contributed by atoms with van der Waals surface area (Å²) in [6.07, 6.45) is 6.00. The van der Waals surface area contributed by atoms with Crippen LogP contribution in [0.3, 0.4) is 0 Å². The van der Waals surface area contributed by atoms with E-state index >= 15 is 0 Å². The molecule has 1 aliphatic heterocycles. The zero-order chi connectivity index (χ0) is 16.5. The average Bonchev–Trinajstić information content (AvgIpc) is 3.06. The molecule has 1 aromatic heterocycles. The average molecular weight is 465 g/mol. The normalized spacial score (nSPS) is 16.7. The van der Waals surface area contributed by atoms with E-state index in [0.717, 1.165) is 24.6 Å². The Morgan fingerprint density at radius 2 is 2.12 bits per heavy atom. The van der Waals surface area contributed by atoms with Crippen LogP contribution in [0, 0.1) is 0 Å². The second-order valence-corrected chi connectivity index (χ2v) is 7.07. The summed E-state index contributed by atoms with van der Waals surface area (Å²) in [5.74, 6) is 0.892. The lowest BCUT2D eigenvalue weighted by molar-refractivity contribution is 0.203. The van der Waals surface area contributed by atoms with Gasteiger partial charge in [-0.1, -0.05) is 20.3 Å². The van der Waals surface area contributed by atoms with Gasteiger partial charge in [-0.2, -0.15) is 0 Å². The van der Waals surface area contributed by atoms with Crippen molar-refractivity contribution >= 4 is 41.3 Å². The first kappa shape index (κ1) is 21.6. The summed E-state index contributed by atoms with van der Waals surface area (Å²) in [4.78, 5) is 11.5. The molecule has 0 atom stereocenters. The molecule has 24 heavy (non-hydrogen) atoms. The SMILES string of the molecule is CCCCN1CCC(NC(=NC)NCc2csc(CC)n2)CC1.I. The molecule has 1 saturated heterocycles. The van der Waals surface area contributed by atoms with Crippen LogP contribution in [-0.4, -0.2) is 48.6 Å². The van der Waals surface area contributed by atoms with E-state index < -0.39 is 0 Å². The first-order valence-corrected chi connectivity index (χ1v) is 9.75. The van der Waals surface area contributed by atoms with Crippen molar-refractivity contribution in [1.29, 1.82) is 0 Å². The molecule has 2 heterocycles. The molecule has 0 amide bonds. The van der Waals surface area contributed by atoms with E-state index in [1.807, 2.05) is 7.05 Å². The van der Waals surface area contributed by atoms with Gasteiger partial charge < -0.3 is 15.5 Å². The Morgan fingerprint density at radius 3 is 2.71 bits per heavy atom. The van der Waals surface area contributed by atoms with Gasteiger partial charge >= 0.3 is 0 Å². The quantitative estimate of drug-likeness (QED) is 0.369. The van der Waals surface area contributed by atoms with Gasteiger partial charge in [-0.3, -0.25) is 4.99 Å². The van der Waals surface area contributed by atoms with E-state index in [0.29, 0.717) is 6.04 Å². The van der Waals surface area contributed by atoms with Gasteiger partial charge in [0.15, 0.2) is 5.96 Å². The molecule has 2 rings (SSSR count). The highest BCUT2D eigenvalue weighted by Crippen LogP contribution is 2.12. The molecule has 0 aliphatic carbocycles. The molecule has 1 fully saturated rings. The number of aromatic nitrogens is 1. The standard InChI is InChI=1S/C17H31N5S.HI/c1-4-6-9-22-10-7-14(8-11-22)21-17(18-3)19-12-15-13-23-16(5-2)20-15;/h13-14H,4-12H2,1-3H3,(H2,18,19,21);1H. The number of nitrogens with one attached hydrogen (secondary N) is 2. The predicted octanol–water partition coefficient (Wildman–Crippen LogP) is 3.25. The summed E-state index contributed by atoms with van der Waals surface area (Å²) < 4.78 is 0. The molecule has 0 unspecified atom stereocenters. The fourth-order valence-corrected chi connectivity index (χ4v) is 3.58. The molecule has 0 aromatic carbocycles. The minimum atomic E-state index is 0. The van der Waals surface area contributed by atoms with Crippen LogP contribution in [0.5, 0.6) is 0 Å². The molecular weight excluding hydrogens is 433 g/mol. The molecule has 0 bridgehead atoms. The van der Waals surface area contributed by atoms with Crippen LogP contribution in [0.15, 0.2) is 10.4 Å². The third kappa shape index (κ3) is 7.23. The molecule has 0 radical (unpaired) electrons. The van der Waals surface area contributed by atoms with E-state index in [1.54, 1.807) is 11.3 Å². The van der Waals surface area contributed by atoms with E-state index in [4.69, 9.17) is 0 Å². The lowest BCUT2D eigenvalue weighted by atomic mass is 10.0. The molecule has 1 aromatic rings. The van der Waals surface area contributed by atoms with Crippen molar-refractivity contribution in [3.05, 3.63) is 16.1 Å². The van der Waals surface area contributed by atoms with Gasteiger partial charge in [-0.25, -0.2) is 4.98 Å². The second kappa shape index (κ2) is 12.0. The number of halogens is 1. The van der Waals surface area contributed by atoms with Crippen LogP contribution in [0.25, 0.3) is 0 Å². The molecule has 1 aliphatic rings. The summed E-state index contributed by atoms with van der Waals surface area (Å²) in [5.41, 5.74) is 1.10. The third-order valence-electron chi connectivity index (χ3n) is 4.32. The van der Waals surface area contributed by atoms with Crippen molar-refractivity contribution in [2.45, 2.75) is 58.5 Å². The molecule has 0 spiro atoms. The zero-order valence-corrected chi connectivity index (χ0v) is 18.3. The minimum absolute atomic E-state index is 0. The van der Waals surface area contributed by atoms with Crippen molar-refractivity contribution in [3.8, 4) is 0 Å². The van der Waals surface area contributed by atoms with Crippen LogP contribution in [0.2, 0.25) is 0 Å². The van der Waals surface area contributed by atoms with E-state index in [2.05, 4.69) is 44.7 Å². The Balaban J connectivity index is 0.00000288. The topological polar surface area (TPSA) is 52.5 Å². The van der Waals surface area contributed by atoms with Gasteiger partial charge in [-0.15, -0.1) is 35.3 Å². The summed E-state index contributed by atoms with van der Waals surface area (Å²) in [6.45, 7) is 8.78. The van der Waals surface area contributed by atoms with Crippen molar-refractivity contribution in [1.82, 2.24) is 20.5 Å². The maximum absolute atomic E-state index is 4.59. The Morgan fingerprint density at radius 1 is 1.38 bits per heavy atom. The van der Waals surface area contributed by atoms with Crippen molar-refractivity contribution in [2.24, 2.45) is 4.99 Å². The van der Waals surface area contributed by atoms with Crippen molar-refractivity contribution in [2.75, 3.05) is 26.7 Å². The van der Waals surface area contributed by atoms with Gasteiger partial charge in [0.25, 0.3) is 0 Å². The number of rotatable bonds is 7. The summed E-state index contributed by atoms with van der Waals surface area (Å²) in [5, 5.41) is 10.3. The highest BCUT2D eigenvalue weighted by molar-refractivity contribution is 14.0. The zero-order valence-electron chi connectivity index (χ0n) is 15.2. The number of aliphatic imine (C=N–C) groups is 1. The van der Waals surface area contributed by atoms with E-state index in [-0.39, 0.29) is 24.0 Å². The second-order valence-electron chi connectivity index (χ2n) is 6.13. The molecule has 0 saturated carbocycles. The number of aryl methyl sites for hydroxylation is 1. The van der Waals surface area contributed by atoms with E-state index in [9.17, 15) is 0 Å². The van der Waals surface area contributed by atoms with E-state index in [1.165, 1.54) is 50.3 Å². The number of unbranched alkanes of at least 4 members (excludes halogenated alkanes) is 1. The minimum Gasteiger partial charge on any atom is -0.354 e. The first-order valence-electron chi connectivity index (χ1n) is 8.88. The monoisotopic (exact) mass is 465 g/mol. The summed E-state index contributed by atoms with van der Waals surface area (Å²) in [6, 6.07) is 0.528. The maximum atomic E-state index is 4.59. The Hall–Kier alpha value is -0.410. The third-order valence-corrected chi connectivity index (χ3v) is 5.36. The number of nitrogens with zero attached hydrogens (tertiary/aromatic N) is 3. The van der Waals surface area contributed by atoms with Crippen molar-refractivity contribution in [3.63, 3.8) is 0 Å². The smallest absolute Gasteiger partial charge is 0.191 e. The van der Waals surface area contributed by atoms with Crippen LogP contribution < -0.4 is 10.6 Å². The number of hydrogen-bond acceptors (Lipinski definition) is 4. The van der Waals surface area contributed by atoms with Crippen LogP contribution in [0.1, 0.15) is 50.2 Å². The van der Waals surface area contributed by atoms with Gasteiger partial charge in [-0.05, 0) is 32.2 Å². The number of guanidine groups is 1. The highest BCUT2D eigenvalue weighted by Gasteiger charge is 2.19. The first-order chi connectivity index (χ1) is 11.2. The number of hydrogen-bond donors (Lipinski definition) is 2. The van der Waals surface area contributed by atoms with Gasteiger partial charge in [0.1, 0.15) is 0 Å². The number of thiazole rings is 1. The molecule has 5 nitrogen and oxygen atoms in total. The molecule has 7 heteroatoms. The number of piperidine rings is 1. The van der Waals surface area contributed by atoms with Gasteiger partial charge in [0.05, 0.1) is 17.2 Å². The van der Waals surface area contributed by atoms with Gasteiger partial charge in [0, 0.05) is 31.6 Å². The Labute approximate surface area is 167 Å². The molecular formula is C17H32IN5S. The Kier molecular flexibility index (Phi) is 10.8.